The van der Waals surface area contributed by atoms with Gasteiger partial charge in [-0.3, -0.25) is 0 Å². The minimum atomic E-state index is -0.491. The zero-order valence-electron chi connectivity index (χ0n) is 11.6. The van der Waals surface area contributed by atoms with E-state index in [-0.39, 0.29) is 5.41 Å². The van der Waals surface area contributed by atoms with Crippen molar-refractivity contribution in [2.75, 3.05) is 0 Å². The second-order valence-electron chi connectivity index (χ2n) is 6.33. The van der Waals surface area contributed by atoms with E-state index < -0.39 is 6.10 Å². The highest BCUT2D eigenvalue weighted by Gasteiger charge is 2.27. The number of hydrogen-bond acceptors (Lipinski definition) is 2. The topological polar surface area (TPSA) is 29.5 Å². The van der Waals surface area contributed by atoms with Crippen LogP contribution in [0.2, 0.25) is 0 Å². The van der Waals surface area contributed by atoms with Crippen molar-refractivity contribution in [3.05, 3.63) is 29.8 Å². The van der Waals surface area contributed by atoms with Gasteiger partial charge in [-0.15, -0.1) is 0 Å². The maximum Gasteiger partial charge on any atom is 0.125 e. The van der Waals surface area contributed by atoms with Crippen molar-refractivity contribution in [2.24, 2.45) is 5.41 Å². The first-order valence-electron chi connectivity index (χ1n) is 6.92. The SMILES string of the molecule is CC(C)(C)C(O)c1ccccc1OC1CCCC1. The third-order valence-electron chi connectivity index (χ3n) is 3.63. The van der Waals surface area contributed by atoms with Crippen molar-refractivity contribution in [1.29, 1.82) is 0 Å². The molecule has 100 valence electrons. The maximum absolute atomic E-state index is 10.4. The summed E-state index contributed by atoms with van der Waals surface area (Å²) in [6.07, 6.45) is 4.64. The van der Waals surface area contributed by atoms with Gasteiger partial charge in [-0.05, 0) is 37.2 Å². The molecule has 0 bridgehead atoms. The van der Waals surface area contributed by atoms with Gasteiger partial charge < -0.3 is 9.84 Å². The van der Waals surface area contributed by atoms with E-state index in [2.05, 4.69) is 0 Å². The van der Waals surface area contributed by atoms with Gasteiger partial charge in [-0.25, -0.2) is 0 Å². The molecule has 0 saturated heterocycles. The molecule has 1 fully saturated rings. The molecule has 0 spiro atoms. The number of hydrogen-bond donors (Lipinski definition) is 1. The molecule has 1 saturated carbocycles. The van der Waals surface area contributed by atoms with E-state index in [0.717, 1.165) is 24.2 Å². The molecule has 0 heterocycles. The minimum absolute atomic E-state index is 0.171. The van der Waals surface area contributed by atoms with Crippen LogP contribution in [0.3, 0.4) is 0 Å². The molecule has 1 aromatic rings. The summed E-state index contributed by atoms with van der Waals surface area (Å²) < 4.78 is 6.06. The van der Waals surface area contributed by atoms with Crippen LogP contribution in [-0.4, -0.2) is 11.2 Å². The van der Waals surface area contributed by atoms with Gasteiger partial charge in [0.1, 0.15) is 5.75 Å². The van der Waals surface area contributed by atoms with E-state index in [4.69, 9.17) is 4.74 Å². The van der Waals surface area contributed by atoms with Crippen LogP contribution >= 0.6 is 0 Å². The fourth-order valence-corrected chi connectivity index (χ4v) is 2.47. The minimum Gasteiger partial charge on any atom is -0.490 e. The second-order valence-corrected chi connectivity index (χ2v) is 6.33. The Balaban J connectivity index is 2.19. The monoisotopic (exact) mass is 248 g/mol. The molecule has 1 N–H and O–H groups in total. The molecule has 1 aliphatic rings. The third-order valence-corrected chi connectivity index (χ3v) is 3.63. The molecule has 0 amide bonds. The van der Waals surface area contributed by atoms with E-state index in [1.54, 1.807) is 0 Å². The molecular formula is C16H24O2. The van der Waals surface area contributed by atoms with Gasteiger partial charge in [0.25, 0.3) is 0 Å². The average Bonchev–Trinajstić information content (AvgIpc) is 2.80. The maximum atomic E-state index is 10.4. The molecule has 2 rings (SSSR count). The Morgan fingerprint density at radius 2 is 1.78 bits per heavy atom. The predicted molar refractivity (Wildman–Crippen MR) is 73.7 cm³/mol. The Labute approximate surface area is 110 Å². The predicted octanol–water partition coefficient (Wildman–Crippen LogP) is 4.09. The summed E-state index contributed by atoms with van der Waals surface area (Å²) in [5.74, 6) is 0.854. The molecule has 0 aliphatic heterocycles. The van der Waals surface area contributed by atoms with Crippen LogP contribution in [0.1, 0.15) is 58.1 Å². The first kappa shape index (κ1) is 13.4. The lowest BCUT2D eigenvalue weighted by atomic mass is 9.84. The van der Waals surface area contributed by atoms with Gasteiger partial charge in [0.15, 0.2) is 0 Å². The lowest BCUT2D eigenvalue weighted by molar-refractivity contribution is 0.0580. The Morgan fingerprint density at radius 3 is 2.39 bits per heavy atom. The van der Waals surface area contributed by atoms with Crippen molar-refractivity contribution in [3.63, 3.8) is 0 Å². The van der Waals surface area contributed by atoms with Crippen LogP contribution in [0.25, 0.3) is 0 Å². The Hall–Kier alpha value is -1.02. The Morgan fingerprint density at radius 1 is 1.17 bits per heavy atom. The van der Waals surface area contributed by atoms with Crippen molar-refractivity contribution in [3.8, 4) is 5.75 Å². The van der Waals surface area contributed by atoms with Crippen molar-refractivity contribution in [2.45, 2.75) is 58.7 Å². The highest BCUT2D eigenvalue weighted by atomic mass is 16.5. The smallest absolute Gasteiger partial charge is 0.125 e. The molecule has 1 atom stereocenters. The number of aliphatic hydroxyl groups is 1. The fraction of sp³-hybridized carbons (Fsp3) is 0.625. The molecular weight excluding hydrogens is 224 g/mol. The quantitative estimate of drug-likeness (QED) is 0.873. The summed E-state index contributed by atoms with van der Waals surface area (Å²) in [6.45, 7) is 6.14. The van der Waals surface area contributed by atoms with E-state index in [1.807, 2.05) is 45.0 Å². The first-order chi connectivity index (χ1) is 8.48. The van der Waals surface area contributed by atoms with E-state index in [1.165, 1.54) is 12.8 Å². The lowest BCUT2D eigenvalue weighted by Gasteiger charge is -2.28. The van der Waals surface area contributed by atoms with Crippen molar-refractivity contribution < 1.29 is 9.84 Å². The summed E-state index contributed by atoms with van der Waals surface area (Å²) in [5.41, 5.74) is 0.742. The summed E-state index contributed by atoms with van der Waals surface area (Å²) in [7, 11) is 0. The van der Waals surface area contributed by atoms with Crippen LogP contribution in [0.5, 0.6) is 5.75 Å². The van der Waals surface area contributed by atoms with Crippen LogP contribution in [0.15, 0.2) is 24.3 Å². The normalized spacial score (nSPS) is 18.9. The van der Waals surface area contributed by atoms with Crippen molar-refractivity contribution in [1.82, 2.24) is 0 Å². The number of aliphatic hydroxyl groups excluding tert-OH is 1. The zero-order chi connectivity index (χ0) is 13.2. The van der Waals surface area contributed by atoms with Crippen LogP contribution < -0.4 is 4.74 Å². The van der Waals surface area contributed by atoms with Gasteiger partial charge in [-0.1, -0.05) is 39.0 Å². The first-order valence-corrected chi connectivity index (χ1v) is 6.92. The van der Waals surface area contributed by atoms with Crippen molar-refractivity contribution >= 4 is 0 Å². The molecule has 1 unspecified atom stereocenters. The summed E-state index contributed by atoms with van der Waals surface area (Å²) in [4.78, 5) is 0. The molecule has 1 aromatic carbocycles. The van der Waals surface area contributed by atoms with Crippen LogP contribution in [0, 0.1) is 5.41 Å². The molecule has 2 nitrogen and oxygen atoms in total. The second kappa shape index (κ2) is 5.31. The van der Waals surface area contributed by atoms with Crippen LogP contribution in [0.4, 0.5) is 0 Å². The van der Waals surface area contributed by atoms with Crippen LogP contribution in [-0.2, 0) is 0 Å². The van der Waals surface area contributed by atoms with Gasteiger partial charge in [0.05, 0.1) is 12.2 Å². The average molecular weight is 248 g/mol. The number of ether oxygens (including phenoxy) is 1. The number of benzene rings is 1. The van der Waals surface area contributed by atoms with Gasteiger partial charge in [-0.2, -0.15) is 0 Å². The molecule has 0 aromatic heterocycles. The fourth-order valence-electron chi connectivity index (χ4n) is 2.47. The van der Waals surface area contributed by atoms with E-state index >= 15 is 0 Å². The van der Waals surface area contributed by atoms with Gasteiger partial charge in [0.2, 0.25) is 0 Å². The highest BCUT2D eigenvalue weighted by molar-refractivity contribution is 5.36. The highest BCUT2D eigenvalue weighted by Crippen LogP contribution is 2.38. The standard InChI is InChI=1S/C16H24O2/c1-16(2,3)15(17)13-10-6-7-11-14(13)18-12-8-4-5-9-12/h6-7,10-12,15,17H,4-5,8-9H2,1-3H3. The van der Waals surface area contributed by atoms with E-state index in [0.29, 0.717) is 6.10 Å². The molecule has 1 aliphatic carbocycles. The number of para-hydroxylation sites is 1. The zero-order valence-corrected chi connectivity index (χ0v) is 11.6. The number of rotatable bonds is 3. The summed E-state index contributed by atoms with van der Waals surface area (Å²) >= 11 is 0. The lowest BCUT2D eigenvalue weighted by Crippen LogP contribution is -2.20. The molecule has 18 heavy (non-hydrogen) atoms. The summed E-state index contributed by atoms with van der Waals surface area (Å²) in [6, 6.07) is 7.89. The van der Waals surface area contributed by atoms with E-state index in [9.17, 15) is 5.11 Å². The largest absolute Gasteiger partial charge is 0.490 e. The van der Waals surface area contributed by atoms with Gasteiger partial charge in [0, 0.05) is 5.56 Å². The Bertz CT molecular complexity index is 386. The Kier molecular flexibility index (Phi) is 3.96. The third kappa shape index (κ3) is 3.05. The molecule has 0 radical (unpaired) electrons. The summed E-state index contributed by atoms with van der Waals surface area (Å²) in [5, 5.41) is 10.4. The molecule has 2 heteroatoms. The van der Waals surface area contributed by atoms with Gasteiger partial charge >= 0.3 is 0 Å².